The van der Waals surface area contributed by atoms with Gasteiger partial charge in [0, 0.05) is 19.1 Å². The molecule has 116 valence electrons. The van der Waals surface area contributed by atoms with E-state index >= 15 is 0 Å². The van der Waals surface area contributed by atoms with E-state index in [0.29, 0.717) is 18.1 Å². The molecule has 1 saturated carbocycles. The van der Waals surface area contributed by atoms with Gasteiger partial charge in [-0.2, -0.15) is 0 Å². The molecule has 0 bridgehead atoms. The van der Waals surface area contributed by atoms with Crippen LogP contribution in [0.4, 0.5) is 0 Å². The number of aliphatic hydroxyl groups is 1. The minimum Gasteiger partial charge on any atom is -0.395 e. The molecule has 2 atom stereocenters. The van der Waals surface area contributed by atoms with E-state index in [9.17, 15) is 5.11 Å². The molecule has 1 heterocycles. The third kappa shape index (κ3) is 3.02. The third-order valence-electron chi connectivity index (χ3n) is 6.18. The minimum absolute atomic E-state index is 0.296. The van der Waals surface area contributed by atoms with Crippen molar-refractivity contribution in [3.63, 3.8) is 0 Å². The molecule has 0 aromatic heterocycles. The van der Waals surface area contributed by atoms with Crippen molar-refractivity contribution in [3.8, 4) is 0 Å². The predicted molar refractivity (Wildman–Crippen MR) is 87.0 cm³/mol. The Morgan fingerprint density at radius 2 is 1.86 bits per heavy atom. The van der Waals surface area contributed by atoms with Crippen molar-refractivity contribution >= 4 is 0 Å². The highest BCUT2D eigenvalue weighted by Crippen LogP contribution is 2.50. The fourth-order valence-corrected chi connectivity index (χ4v) is 4.21. The Morgan fingerprint density at radius 3 is 2.43 bits per heavy atom. The molecule has 1 unspecified atom stereocenters. The Morgan fingerprint density at radius 1 is 1.14 bits per heavy atom. The van der Waals surface area contributed by atoms with E-state index in [1.807, 2.05) is 0 Å². The quantitative estimate of drug-likeness (QED) is 0.892. The second-order valence-corrected chi connectivity index (χ2v) is 7.63. The molecule has 21 heavy (non-hydrogen) atoms. The highest BCUT2D eigenvalue weighted by Gasteiger charge is 2.45. The van der Waals surface area contributed by atoms with E-state index in [1.165, 1.54) is 24.8 Å². The third-order valence-corrected chi connectivity index (χ3v) is 6.18. The van der Waals surface area contributed by atoms with Crippen LogP contribution in [-0.4, -0.2) is 29.2 Å². The highest BCUT2D eigenvalue weighted by molar-refractivity contribution is 5.15. The first-order chi connectivity index (χ1) is 10.1. The second kappa shape index (κ2) is 6.10. The van der Waals surface area contributed by atoms with Gasteiger partial charge in [-0.3, -0.25) is 4.90 Å². The molecule has 0 spiro atoms. The van der Waals surface area contributed by atoms with Gasteiger partial charge in [-0.15, -0.1) is 0 Å². The molecule has 3 rings (SSSR count). The van der Waals surface area contributed by atoms with Gasteiger partial charge in [-0.05, 0) is 42.1 Å². The van der Waals surface area contributed by atoms with E-state index < -0.39 is 0 Å². The van der Waals surface area contributed by atoms with Gasteiger partial charge in [0.2, 0.25) is 0 Å². The monoisotopic (exact) mass is 287 g/mol. The van der Waals surface area contributed by atoms with Gasteiger partial charge in [0.05, 0.1) is 6.61 Å². The average molecular weight is 287 g/mol. The van der Waals surface area contributed by atoms with E-state index in [-0.39, 0.29) is 0 Å². The van der Waals surface area contributed by atoms with Crippen LogP contribution in [0, 0.1) is 17.3 Å². The molecule has 2 nitrogen and oxygen atoms in total. The van der Waals surface area contributed by atoms with Crippen molar-refractivity contribution in [3.05, 3.63) is 35.9 Å². The summed E-state index contributed by atoms with van der Waals surface area (Å²) in [6.07, 6.45) is 5.39. The summed E-state index contributed by atoms with van der Waals surface area (Å²) < 4.78 is 0. The molecular weight excluding hydrogens is 258 g/mol. The lowest BCUT2D eigenvalue weighted by Crippen LogP contribution is -2.38. The van der Waals surface area contributed by atoms with Crippen LogP contribution >= 0.6 is 0 Å². The number of hydrogen-bond acceptors (Lipinski definition) is 2. The molecule has 1 aliphatic heterocycles. The molecule has 1 aromatic carbocycles. The Balaban J connectivity index is 1.68. The van der Waals surface area contributed by atoms with Crippen LogP contribution in [0.25, 0.3) is 0 Å². The minimum atomic E-state index is 0.296. The maximum atomic E-state index is 9.77. The van der Waals surface area contributed by atoms with Crippen LogP contribution < -0.4 is 0 Å². The van der Waals surface area contributed by atoms with Gasteiger partial charge in [0.25, 0.3) is 0 Å². The van der Waals surface area contributed by atoms with E-state index in [4.69, 9.17) is 0 Å². The second-order valence-electron chi connectivity index (χ2n) is 7.63. The first kappa shape index (κ1) is 15.1. The molecule has 0 radical (unpaired) electrons. The summed E-state index contributed by atoms with van der Waals surface area (Å²) in [4.78, 5) is 2.50. The summed E-state index contributed by atoms with van der Waals surface area (Å²) in [6.45, 7) is 7.33. The molecule has 2 heteroatoms. The number of nitrogens with zero attached hydrogens (tertiary/aromatic N) is 1. The molecule has 1 aromatic rings. The summed E-state index contributed by atoms with van der Waals surface area (Å²) >= 11 is 0. The lowest BCUT2D eigenvalue weighted by Gasteiger charge is -2.44. The maximum absolute atomic E-state index is 9.77. The average Bonchev–Trinajstić information content (AvgIpc) is 2.81. The summed E-state index contributed by atoms with van der Waals surface area (Å²) in [5.41, 5.74) is 1.79. The number of aliphatic hydroxyl groups excluding tert-OH is 1. The molecular formula is C19H29NO. The fraction of sp³-hybridized carbons (Fsp3) is 0.684. The summed E-state index contributed by atoms with van der Waals surface area (Å²) in [6, 6.07) is 11.0. The largest absolute Gasteiger partial charge is 0.395 e. The van der Waals surface area contributed by atoms with Gasteiger partial charge in [-0.1, -0.05) is 50.6 Å². The lowest BCUT2D eigenvalue weighted by molar-refractivity contribution is 0.0575. The zero-order chi connectivity index (χ0) is 14.9. The van der Waals surface area contributed by atoms with Crippen molar-refractivity contribution in [2.75, 3.05) is 13.2 Å². The molecule has 0 amide bonds. The molecule has 1 aliphatic carbocycles. The molecule has 2 fully saturated rings. The number of rotatable bonds is 5. The van der Waals surface area contributed by atoms with E-state index in [0.717, 1.165) is 31.3 Å². The van der Waals surface area contributed by atoms with Crippen LogP contribution in [-0.2, 0) is 6.54 Å². The normalized spacial score (nSPS) is 27.8. The number of benzene rings is 1. The molecule has 1 N–H and O–H groups in total. The van der Waals surface area contributed by atoms with Gasteiger partial charge in [0.15, 0.2) is 0 Å². The van der Waals surface area contributed by atoms with Crippen molar-refractivity contribution in [1.82, 2.24) is 4.90 Å². The van der Waals surface area contributed by atoms with Crippen molar-refractivity contribution in [1.29, 1.82) is 0 Å². The first-order valence-corrected chi connectivity index (χ1v) is 8.50. The predicted octanol–water partition coefficient (Wildman–Crippen LogP) is 3.70. The van der Waals surface area contributed by atoms with Crippen LogP contribution in [0.2, 0.25) is 0 Å². The van der Waals surface area contributed by atoms with Crippen molar-refractivity contribution < 1.29 is 5.11 Å². The van der Waals surface area contributed by atoms with E-state index in [2.05, 4.69) is 49.1 Å². The van der Waals surface area contributed by atoms with Gasteiger partial charge in [-0.25, -0.2) is 0 Å². The summed E-state index contributed by atoms with van der Waals surface area (Å²) in [5, 5.41) is 9.77. The maximum Gasteiger partial charge on any atom is 0.0587 e. The molecule has 1 saturated heterocycles. The van der Waals surface area contributed by atoms with Gasteiger partial charge < -0.3 is 5.11 Å². The number of hydrogen-bond donors (Lipinski definition) is 1. The van der Waals surface area contributed by atoms with Crippen LogP contribution in [0.3, 0.4) is 0 Å². The van der Waals surface area contributed by atoms with Gasteiger partial charge >= 0.3 is 0 Å². The summed E-state index contributed by atoms with van der Waals surface area (Å²) in [5.74, 6) is 1.63. The van der Waals surface area contributed by atoms with Crippen LogP contribution in [0.15, 0.2) is 30.3 Å². The zero-order valence-electron chi connectivity index (χ0n) is 13.5. The molecule has 2 aliphatic rings. The van der Waals surface area contributed by atoms with Crippen LogP contribution in [0.1, 0.15) is 45.1 Å². The Hall–Kier alpha value is -0.860. The Labute approximate surface area is 129 Å². The number of likely N-dealkylation sites (tertiary alicyclic amines) is 1. The van der Waals surface area contributed by atoms with Gasteiger partial charge in [0.1, 0.15) is 0 Å². The highest BCUT2D eigenvalue weighted by atomic mass is 16.3. The first-order valence-electron chi connectivity index (χ1n) is 8.50. The zero-order valence-corrected chi connectivity index (χ0v) is 13.5. The SMILES string of the molecule is CC(C)(C1CCC1)C1C[C@@H](CO)N(Cc2ccccc2)C1. The van der Waals surface area contributed by atoms with Crippen LogP contribution in [0.5, 0.6) is 0 Å². The topological polar surface area (TPSA) is 23.5 Å². The lowest BCUT2D eigenvalue weighted by atomic mass is 9.61. The standard InChI is InChI=1S/C19H29NO/c1-19(2,16-9-6-10-16)17-11-18(14-21)20(13-17)12-15-7-4-3-5-8-15/h3-5,7-8,16-18,21H,6,9-14H2,1-2H3/t17?,18-/m0/s1. The van der Waals surface area contributed by atoms with E-state index in [1.54, 1.807) is 0 Å². The Bertz CT molecular complexity index is 452. The fourth-order valence-electron chi connectivity index (χ4n) is 4.21. The van der Waals surface area contributed by atoms with Crippen molar-refractivity contribution in [2.24, 2.45) is 17.3 Å². The summed E-state index contributed by atoms with van der Waals surface area (Å²) in [7, 11) is 0. The Kier molecular flexibility index (Phi) is 4.37. The van der Waals surface area contributed by atoms with Crippen molar-refractivity contribution in [2.45, 2.75) is 52.1 Å². The smallest absolute Gasteiger partial charge is 0.0587 e.